The number of carboxylic acid groups (broad SMARTS) is 1. The summed E-state index contributed by atoms with van der Waals surface area (Å²) >= 11 is 0. The second-order valence-electron chi connectivity index (χ2n) is 6.78. The molecule has 25 heavy (non-hydrogen) atoms. The first-order valence-corrected chi connectivity index (χ1v) is 8.81. The lowest BCUT2D eigenvalue weighted by Gasteiger charge is -2.21. The van der Waals surface area contributed by atoms with Gasteiger partial charge in [-0.1, -0.05) is 36.4 Å². The van der Waals surface area contributed by atoms with Gasteiger partial charge in [-0.15, -0.1) is 0 Å². The number of aryl methyl sites for hydroxylation is 1. The Kier molecular flexibility index (Phi) is 5.39. The van der Waals surface area contributed by atoms with Gasteiger partial charge in [-0.2, -0.15) is 0 Å². The van der Waals surface area contributed by atoms with E-state index < -0.39 is 5.97 Å². The number of benzene rings is 2. The van der Waals surface area contributed by atoms with Crippen molar-refractivity contribution in [3.63, 3.8) is 0 Å². The summed E-state index contributed by atoms with van der Waals surface area (Å²) in [5, 5.41) is 9.21. The number of hydrogen-bond acceptors (Lipinski definition) is 3. The molecule has 3 rings (SSSR count). The van der Waals surface area contributed by atoms with Gasteiger partial charge < -0.3 is 9.84 Å². The van der Waals surface area contributed by atoms with Gasteiger partial charge in [-0.05, 0) is 49.4 Å². The lowest BCUT2D eigenvalue weighted by Crippen LogP contribution is -2.31. The molecule has 0 amide bonds. The Morgan fingerprint density at radius 2 is 1.92 bits per heavy atom. The van der Waals surface area contributed by atoms with E-state index in [1.54, 1.807) is 24.3 Å². The molecule has 0 aromatic heterocycles. The molecular weight excluding hydrogens is 314 g/mol. The first-order valence-electron chi connectivity index (χ1n) is 8.81. The lowest BCUT2D eigenvalue weighted by atomic mass is 9.93. The third-order valence-corrected chi connectivity index (χ3v) is 5.09. The molecule has 1 N–H and O–H groups in total. The van der Waals surface area contributed by atoms with Gasteiger partial charge in [-0.3, -0.25) is 4.90 Å². The number of aromatic carboxylic acids is 1. The number of carbonyl (C=O) groups is 1. The van der Waals surface area contributed by atoms with Crippen LogP contribution in [0.5, 0.6) is 5.75 Å². The number of likely N-dealkylation sites (tertiary alicyclic amines) is 1. The maximum atomic E-state index is 11.2. The summed E-state index contributed by atoms with van der Waals surface area (Å²) in [7, 11) is 0. The summed E-state index contributed by atoms with van der Waals surface area (Å²) in [5.74, 6) is 0.0459. The van der Waals surface area contributed by atoms with Gasteiger partial charge in [0.2, 0.25) is 0 Å². The molecule has 4 nitrogen and oxygen atoms in total. The predicted molar refractivity (Wildman–Crippen MR) is 98.5 cm³/mol. The molecule has 1 fully saturated rings. The van der Waals surface area contributed by atoms with E-state index in [4.69, 9.17) is 4.74 Å². The van der Waals surface area contributed by atoms with E-state index in [1.165, 1.54) is 11.1 Å². The molecule has 1 aliphatic heterocycles. The number of para-hydroxylation sites is 1. The fraction of sp³-hybridized carbons (Fsp3) is 0.381. The molecule has 1 saturated heterocycles. The van der Waals surface area contributed by atoms with Crippen molar-refractivity contribution in [1.29, 1.82) is 0 Å². The Bertz CT molecular complexity index is 743. The SMILES string of the molecule is Cc1ccccc1[C@@H]1C[C@@H](C)N(CCOc2ccccc2C(=O)O)C1. The summed E-state index contributed by atoms with van der Waals surface area (Å²) in [4.78, 5) is 13.7. The monoisotopic (exact) mass is 339 g/mol. The van der Waals surface area contributed by atoms with Crippen LogP contribution in [0.15, 0.2) is 48.5 Å². The van der Waals surface area contributed by atoms with Crippen LogP contribution in [0.3, 0.4) is 0 Å². The van der Waals surface area contributed by atoms with Gasteiger partial charge >= 0.3 is 5.97 Å². The normalized spacial score (nSPS) is 20.6. The fourth-order valence-corrected chi connectivity index (χ4v) is 3.72. The second kappa shape index (κ2) is 7.70. The molecule has 0 radical (unpaired) electrons. The molecule has 0 bridgehead atoms. The van der Waals surface area contributed by atoms with Crippen molar-refractivity contribution in [2.24, 2.45) is 0 Å². The van der Waals surface area contributed by atoms with E-state index in [0.29, 0.717) is 24.3 Å². The highest BCUT2D eigenvalue weighted by Gasteiger charge is 2.30. The highest BCUT2D eigenvalue weighted by molar-refractivity contribution is 5.90. The molecule has 4 heteroatoms. The van der Waals surface area contributed by atoms with Crippen LogP contribution in [0.4, 0.5) is 0 Å². The van der Waals surface area contributed by atoms with E-state index in [9.17, 15) is 9.90 Å². The number of nitrogens with zero attached hydrogens (tertiary/aromatic N) is 1. The van der Waals surface area contributed by atoms with Crippen molar-refractivity contribution in [2.75, 3.05) is 19.7 Å². The molecule has 132 valence electrons. The summed E-state index contributed by atoms with van der Waals surface area (Å²) < 4.78 is 5.75. The fourth-order valence-electron chi connectivity index (χ4n) is 3.72. The predicted octanol–water partition coefficient (Wildman–Crippen LogP) is 3.95. The Hall–Kier alpha value is -2.33. The van der Waals surface area contributed by atoms with Crippen LogP contribution >= 0.6 is 0 Å². The van der Waals surface area contributed by atoms with Crippen molar-refractivity contribution in [3.05, 3.63) is 65.2 Å². The summed E-state index contributed by atoms with van der Waals surface area (Å²) in [6.07, 6.45) is 1.15. The van der Waals surface area contributed by atoms with Gasteiger partial charge in [0.1, 0.15) is 17.9 Å². The topological polar surface area (TPSA) is 49.8 Å². The maximum Gasteiger partial charge on any atom is 0.339 e. The quantitative estimate of drug-likeness (QED) is 0.866. The van der Waals surface area contributed by atoms with Crippen LogP contribution in [0.25, 0.3) is 0 Å². The third-order valence-electron chi connectivity index (χ3n) is 5.09. The molecule has 1 aliphatic rings. The zero-order valence-corrected chi connectivity index (χ0v) is 14.8. The van der Waals surface area contributed by atoms with E-state index in [2.05, 4.69) is 43.0 Å². The Balaban J connectivity index is 1.58. The van der Waals surface area contributed by atoms with Crippen LogP contribution < -0.4 is 4.74 Å². The summed E-state index contributed by atoms with van der Waals surface area (Å²) in [6.45, 7) is 6.75. The Labute approximate surface area is 149 Å². The van der Waals surface area contributed by atoms with E-state index in [0.717, 1.165) is 19.5 Å². The summed E-state index contributed by atoms with van der Waals surface area (Å²) in [6, 6.07) is 15.9. The van der Waals surface area contributed by atoms with Gasteiger partial charge in [0.15, 0.2) is 0 Å². The molecule has 0 spiro atoms. The first-order chi connectivity index (χ1) is 12.1. The van der Waals surface area contributed by atoms with E-state index in [-0.39, 0.29) is 5.56 Å². The number of carboxylic acids is 1. The average molecular weight is 339 g/mol. The molecule has 2 aromatic carbocycles. The van der Waals surface area contributed by atoms with Crippen LogP contribution in [0, 0.1) is 6.92 Å². The van der Waals surface area contributed by atoms with Crippen molar-refractivity contribution in [2.45, 2.75) is 32.2 Å². The van der Waals surface area contributed by atoms with E-state index in [1.807, 2.05) is 0 Å². The van der Waals surface area contributed by atoms with Gasteiger partial charge in [0, 0.05) is 19.1 Å². The molecule has 1 heterocycles. The molecule has 0 aliphatic carbocycles. The molecular formula is C21H25NO3. The van der Waals surface area contributed by atoms with Gasteiger partial charge in [-0.25, -0.2) is 4.79 Å². The molecule has 0 unspecified atom stereocenters. The largest absolute Gasteiger partial charge is 0.491 e. The molecule has 2 aromatic rings. The third kappa shape index (κ3) is 4.02. The number of rotatable bonds is 6. The molecule has 0 saturated carbocycles. The lowest BCUT2D eigenvalue weighted by molar-refractivity contribution is 0.0691. The first kappa shape index (κ1) is 17.5. The van der Waals surface area contributed by atoms with Crippen molar-refractivity contribution < 1.29 is 14.6 Å². The average Bonchev–Trinajstić information content (AvgIpc) is 2.96. The zero-order chi connectivity index (χ0) is 17.8. The Morgan fingerprint density at radius 1 is 1.20 bits per heavy atom. The number of hydrogen-bond donors (Lipinski definition) is 1. The smallest absolute Gasteiger partial charge is 0.339 e. The van der Waals surface area contributed by atoms with Crippen molar-refractivity contribution >= 4 is 5.97 Å². The van der Waals surface area contributed by atoms with Crippen LogP contribution in [-0.2, 0) is 0 Å². The minimum atomic E-state index is -0.954. The van der Waals surface area contributed by atoms with Crippen LogP contribution in [0.1, 0.15) is 40.7 Å². The van der Waals surface area contributed by atoms with E-state index >= 15 is 0 Å². The van der Waals surface area contributed by atoms with Crippen molar-refractivity contribution in [3.8, 4) is 5.75 Å². The minimum absolute atomic E-state index is 0.217. The van der Waals surface area contributed by atoms with Crippen LogP contribution in [-0.4, -0.2) is 41.7 Å². The number of ether oxygens (including phenoxy) is 1. The summed E-state index contributed by atoms with van der Waals surface area (Å²) in [5.41, 5.74) is 3.01. The second-order valence-corrected chi connectivity index (χ2v) is 6.78. The maximum absolute atomic E-state index is 11.2. The van der Waals surface area contributed by atoms with Gasteiger partial charge in [0.25, 0.3) is 0 Å². The minimum Gasteiger partial charge on any atom is -0.491 e. The standard InChI is InChI=1S/C21H25NO3/c1-15-7-3-4-8-18(15)17-13-16(2)22(14-17)11-12-25-20-10-6-5-9-19(20)21(23)24/h3-10,16-17H,11-14H2,1-2H3,(H,23,24)/t16-,17-/m1/s1. The van der Waals surface area contributed by atoms with Crippen molar-refractivity contribution in [1.82, 2.24) is 4.90 Å². The highest BCUT2D eigenvalue weighted by Crippen LogP contribution is 2.33. The Morgan fingerprint density at radius 3 is 2.68 bits per heavy atom. The molecule has 2 atom stereocenters. The van der Waals surface area contributed by atoms with Crippen LogP contribution in [0.2, 0.25) is 0 Å². The van der Waals surface area contributed by atoms with Gasteiger partial charge in [0.05, 0.1) is 0 Å². The zero-order valence-electron chi connectivity index (χ0n) is 14.8. The highest BCUT2D eigenvalue weighted by atomic mass is 16.5.